The SMILES string of the molecule is CN(Cc1cccnc1)c1nc2c(c(=O)[nH]1)CCN(Cc1cc(Cl)ccc1F)CC2. The molecule has 1 aliphatic rings. The van der Waals surface area contributed by atoms with Gasteiger partial charge >= 0.3 is 0 Å². The first kappa shape index (κ1) is 20.5. The van der Waals surface area contributed by atoms with Crippen molar-refractivity contribution in [3.05, 3.63) is 86.3 Å². The highest BCUT2D eigenvalue weighted by Gasteiger charge is 2.20. The number of aromatic nitrogens is 3. The van der Waals surface area contributed by atoms with Crippen LogP contribution in [0.2, 0.25) is 5.02 Å². The van der Waals surface area contributed by atoms with Crippen molar-refractivity contribution in [2.45, 2.75) is 25.9 Å². The van der Waals surface area contributed by atoms with E-state index in [4.69, 9.17) is 16.6 Å². The van der Waals surface area contributed by atoms with Crippen LogP contribution in [0.15, 0.2) is 47.5 Å². The number of hydrogen-bond acceptors (Lipinski definition) is 5. The lowest BCUT2D eigenvalue weighted by atomic mass is 10.1. The Morgan fingerprint density at radius 3 is 2.90 bits per heavy atom. The maximum Gasteiger partial charge on any atom is 0.255 e. The number of nitrogens with zero attached hydrogens (tertiary/aromatic N) is 4. The van der Waals surface area contributed by atoms with Gasteiger partial charge < -0.3 is 4.90 Å². The van der Waals surface area contributed by atoms with Gasteiger partial charge in [-0.25, -0.2) is 9.37 Å². The van der Waals surface area contributed by atoms with Crippen molar-refractivity contribution in [3.63, 3.8) is 0 Å². The van der Waals surface area contributed by atoms with Gasteiger partial charge in [-0.3, -0.25) is 19.7 Å². The van der Waals surface area contributed by atoms with E-state index in [0.717, 1.165) is 11.3 Å². The molecule has 0 bridgehead atoms. The number of aromatic amines is 1. The molecule has 2 aromatic heterocycles. The number of rotatable bonds is 5. The highest BCUT2D eigenvalue weighted by atomic mass is 35.5. The van der Waals surface area contributed by atoms with Gasteiger partial charge in [-0.05, 0) is 36.2 Å². The summed E-state index contributed by atoms with van der Waals surface area (Å²) in [5.41, 5.74) is 3.01. The molecule has 0 fully saturated rings. The average Bonchev–Trinajstić information content (AvgIpc) is 2.94. The molecular formula is C22H23ClFN5O. The van der Waals surface area contributed by atoms with Gasteiger partial charge in [-0.15, -0.1) is 0 Å². The van der Waals surface area contributed by atoms with E-state index in [1.807, 2.05) is 24.1 Å². The molecule has 0 saturated heterocycles. The molecule has 156 valence electrons. The molecule has 1 aliphatic heterocycles. The Balaban J connectivity index is 1.50. The van der Waals surface area contributed by atoms with Gasteiger partial charge in [0.15, 0.2) is 0 Å². The van der Waals surface area contributed by atoms with E-state index in [-0.39, 0.29) is 11.4 Å². The molecule has 30 heavy (non-hydrogen) atoms. The van der Waals surface area contributed by atoms with E-state index in [1.165, 1.54) is 6.07 Å². The lowest BCUT2D eigenvalue weighted by molar-refractivity contribution is 0.274. The third-order valence-electron chi connectivity index (χ3n) is 5.34. The zero-order chi connectivity index (χ0) is 21.1. The number of H-pyrrole nitrogens is 1. The second-order valence-corrected chi connectivity index (χ2v) is 7.98. The van der Waals surface area contributed by atoms with Crippen LogP contribution in [-0.4, -0.2) is 40.0 Å². The van der Waals surface area contributed by atoms with Crippen LogP contribution in [0, 0.1) is 5.82 Å². The summed E-state index contributed by atoms with van der Waals surface area (Å²) in [6.07, 6.45) is 4.74. The maximum atomic E-state index is 14.1. The first-order valence-electron chi connectivity index (χ1n) is 9.88. The molecule has 0 amide bonds. The molecule has 3 aromatic rings. The van der Waals surface area contributed by atoms with Gasteiger partial charge in [0.1, 0.15) is 5.82 Å². The van der Waals surface area contributed by atoms with Crippen LogP contribution in [0.25, 0.3) is 0 Å². The Morgan fingerprint density at radius 1 is 1.27 bits per heavy atom. The molecule has 0 saturated carbocycles. The summed E-state index contributed by atoms with van der Waals surface area (Å²) >= 11 is 6.02. The predicted molar refractivity (Wildman–Crippen MR) is 115 cm³/mol. The van der Waals surface area contributed by atoms with Crippen LogP contribution in [0.5, 0.6) is 0 Å². The molecule has 0 spiro atoms. The standard InChI is InChI=1S/C22H23ClFN5O/c1-28(13-15-3-2-8-25-12-15)22-26-20-7-10-29(9-6-18(20)21(30)27-22)14-16-11-17(23)4-5-19(16)24/h2-5,8,11-12H,6-7,9-10,13-14H2,1H3,(H,26,27,30). The van der Waals surface area contributed by atoms with Gasteiger partial charge in [0, 0.05) is 68.2 Å². The predicted octanol–water partition coefficient (Wildman–Crippen LogP) is 3.19. The Labute approximate surface area is 179 Å². The second-order valence-electron chi connectivity index (χ2n) is 7.54. The highest BCUT2D eigenvalue weighted by Crippen LogP contribution is 2.19. The molecule has 3 heterocycles. The average molecular weight is 428 g/mol. The number of hydrogen-bond donors (Lipinski definition) is 1. The molecule has 1 aromatic carbocycles. The second kappa shape index (κ2) is 8.93. The van der Waals surface area contributed by atoms with Crippen LogP contribution in [-0.2, 0) is 25.9 Å². The van der Waals surface area contributed by atoms with Gasteiger partial charge in [-0.1, -0.05) is 17.7 Å². The van der Waals surface area contributed by atoms with Crippen molar-refractivity contribution in [2.24, 2.45) is 0 Å². The quantitative estimate of drug-likeness (QED) is 0.677. The molecule has 0 radical (unpaired) electrons. The number of anilines is 1. The van der Waals surface area contributed by atoms with Crippen LogP contribution >= 0.6 is 11.6 Å². The first-order valence-corrected chi connectivity index (χ1v) is 10.3. The smallest absolute Gasteiger partial charge is 0.255 e. The summed E-state index contributed by atoms with van der Waals surface area (Å²) in [5.74, 6) is 0.272. The van der Waals surface area contributed by atoms with Crippen molar-refractivity contribution in [2.75, 3.05) is 25.0 Å². The number of benzene rings is 1. The van der Waals surface area contributed by atoms with E-state index < -0.39 is 0 Å². The van der Waals surface area contributed by atoms with Crippen molar-refractivity contribution >= 4 is 17.5 Å². The zero-order valence-corrected chi connectivity index (χ0v) is 17.5. The molecular weight excluding hydrogens is 405 g/mol. The molecule has 0 atom stereocenters. The van der Waals surface area contributed by atoms with Gasteiger partial charge in [0.05, 0.1) is 5.69 Å². The summed E-state index contributed by atoms with van der Waals surface area (Å²) in [6.45, 7) is 2.40. The summed E-state index contributed by atoms with van der Waals surface area (Å²) in [4.78, 5) is 28.5. The fourth-order valence-electron chi connectivity index (χ4n) is 3.73. The van der Waals surface area contributed by atoms with Crippen molar-refractivity contribution in [1.29, 1.82) is 0 Å². The lowest BCUT2D eigenvalue weighted by Gasteiger charge is -2.20. The molecule has 1 N–H and O–H groups in total. The van der Waals surface area contributed by atoms with Crippen LogP contribution in [0.1, 0.15) is 22.4 Å². The minimum absolute atomic E-state index is 0.108. The Hall–Kier alpha value is -2.77. The van der Waals surface area contributed by atoms with Crippen molar-refractivity contribution in [3.8, 4) is 0 Å². The summed E-state index contributed by atoms with van der Waals surface area (Å²) in [7, 11) is 1.89. The van der Waals surface area contributed by atoms with E-state index in [0.29, 0.717) is 61.1 Å². The Morgan fingerprint density at radius 2 is 2.10 bits per heavy atom. The van der Waals surface area contributed by atoms with Gasteiger partial charge in [0.25, 0.3) is 5.56 Å². The fourth-order valence-corrected chi connectivity index (χ4v) is 3.92. The molecule has 6 nitrogen and oxygen atoms in total. The van der Waals surface area contributed by atoms with Crippen LogP contribution < -0.4 is 10.5 Å². The zero-order valence-electron chi connectivity index (χ0n) is 16.7. The first-order chi connectivity index (χ1) is 14.5. The minimum atomic E-state index is -0.267. The normalized spacial score (nSPS) is 14.2. The molecule has 0 unspecified atom stereocenters. The van der Waals surface area contributed by atoms with Gasteiger partial charge in [0.2, 0.25) is 5.95 Å². The van der Waals surface area contributed by atoms with Crippen molar-refractivity contribution < 1.29 is 4.39 Å². The van der Waals surface area contributed by atoms with E-state index in [9.17, 15) is 9.18 Å². The topological polar surface area (TPSA) is 65.1 Å². The molecule has 4 rings (SSSR count). The highest BCUT2D eigenvalue weighted by molar-refractivity contribution is 6.30. The lowest BCUT2D eigenvalue weighted by Crippen LogP contribution is -2.27. The Bertz CT molecular complexity index is 1090. The van der Waals surface area contributed by atoms with E-state index >= 15 is 0 Å². The maximum absolute atomic E-state index is 14.1. The minimum Gasteiger partial charge on any atom is -0.341 e. The molecule has 8 heteroatoms. The number of pyridine rings is 1. The number of halogens is 2. The van der Waals surface area contributed by atoms with E-state index in [1.54, 1.807) is 24.5 Å². The number of fused-ring (bicyclic) bond motifs is 1. The van der Waals surface area contributed by atoms with Crippen LogP contribution in [0.4, 0.5) is 10.3 Å². The van der Waals surface area contributed by atoms with Crippen LogP contribution in [0.3, 0.4) is 0 Å². The van der Waals surface area contributed by atoms with Crippen molar-refractivity contribution in [1.82, 2.24) is 19.9 Å². The fraction of sp³-hybridized carbons (Fsp3) is 0.318. The summed E-state index contributed by atoms with van der Waals surface area (Å²) < 4.78 is 14.1. The largest absolute Gasteiger partial charge is 0.341 e. The van der Waals surface area contributed by atoms with Gasteiger partial charge in [-0.2, -0.15) is 0 Å². The number of nitrogens with one attached hydrogen (secondary N) is 1. The Kier molecular flexibility index (Phi) is 6.11. The van der Waals surface area contributed by atoms with E-state index in [2.05, 4.69) is 14.9 Å². The summed E-state index contributed by atoms with van der Waals surface area (Å²) in [6, 6.07) is 8.46. The molecule has 0 aliphatic carbocycles. The summed E-state index contributed by atoms with van der Waals surface area (Å²) in [5, 5.41) is 0.518. The third-order valence-corrected chi connectivity index (χ3v) is 5.57. The third kappa shape index (κ3) is 4.68. The monoisotopic (exact) mass is 427 g/mol.